The summed E-state index contributed by atoms with van der Waals surface area (Å²) in [6.07, 6.45) is 0.646. The fraction of sp³-hybridized carbons (Fsp3) is 0.538. The van der Waals surface area contributed by atoms with Gasteiger partial charge in [-0.1, -0.05) is 24.3 Å². The molecule has 2 rings (SSSR count). The van der Waals surface area contributed by atoms with E-state index in [1.165, 1.54) is 0 Å². The van der Waals surface area contributed by atoms with E-state index in [9.17, 15) is 8.42 Å². The summed E-state index contributed by atoms with van der Waals surface area (Å²) in [4.78, 5) is 0. The largest absolute Gasteiger partial charge is 0.394 e. The van der Waals surface area contributed by atoms with Gasteiger partial charge in [-0.2, -0.15) is 0 Å². The van der Waals surface area contributed by atoms with E-state index >= 15 is 0 Å². The SMILES string of the molecule is Cc1ccccc1C1(CS(C)(=O)=O)OCC(CO)O1. The Bertz CT molecular complexity index is 554. The van der Waals surface area contributed by atoms with Crippen molar-refractivity contribution in [2.75, 3.05) is 25.2 Å². The summed E-state index contributed by atoms with van der Waals surface area (Å²) in [5.41, 5.74) is 1.58. The molecule has 1 aliphatic heterocycles. The Hall–Kier alpha value is -0.950. The van der Waals surface area contributed by atoms with Crippen molar-refractivity contribution in [3.63, 3.8) is 0 Å². The lowest BCUT2D eigenvalue weighted by molar-refractivity contribution is -0.162. The molecule has 2 atom stereocenters. The minimum absolute atomic E-state index is 0.181. The number of rotatable bonds is 4. The zero-order valence-electron chi connectivity index (χ0n) is 11.0. The van der Waals surface area contributed by atoms with Crippen LogP contribution in [0, 0.1) is 6.92 Å². The molecular formula is C13H18O5S. The number of aryl methyl sites for hydroxylation is 1. The maximum Gasteiger partial charge on any atom is 0.209 e. The molecule has 0 aromatic heterocycles. The zero-order chi connectivity index (χ0) is 14.1. The molecule has 1 saturated heterocycles. The van der Waals surface area contributed by atoms with Crippen LogP contribution in [0.15, 0.2) is 24.3 Å². The summed E-state index contributed by atoms with van der Waals surface area (Å²) < 4.78 is 34.6. The van der Waals surface area contributed by atoms with Gasteiger partial charge in [-0.3, -0.25) is 0 Å². The number of ether oxygens (including phenoxy) is 2. The monoisotopic (exact) mass is 286 g/mol. The highest BCUT2D eigenvalue weighted by Gasteiger charge is 2.46. The van der Waals surface area contributed by atoms with Gasteiger partial charge in [-0.05, 0) is 12.5 Å². The average molecular weight is 286 g/mol. The van der Waals surface area contributed by atoms with Crippen molar-refractivity contribution in [2.45, 2.75) is 18.8 Å². The van der Waals surface area contributed by atoms with Crippen LogP contribution in [0.25, 0.3) is 0 Å². The summed E-state index contributed by atoms with van der Waals surface area (Å²) in [6.45, 7) is 1.86. The minimum Gasteiger partial charge on any atom is -0.394 e. The van der Waals surface area contributed by atoms with Gasteiger partial charge in [0.15, 0.2) is 9.84 Å². The first-order valence-electron chi connectivity index (χ1n) is 6.03. The van der Waals surface area contributed by atoms with Crippen LogP contribution in [-0.2, 0) is 25.1 Å². The van der Waals surface area contributed by atoms with Crippen LogP contribution in [0.4, 0.5) is 0 Å². The average Bonchev–Trinajstić information content (AvgIpc) is 2.71. The first-order valence-corrected chi connectivity index (χ1v) is 8.09. The lowest BCUT2D eigenvalue weighted by Crippen LogP contribution is -2.37. The molecule has 0 aliphatic carbocycles. The van der Waals surface area contributed by atoms with Gasteiger partial charge in [0.05, 0.1) is 13.2 Å². The molecule has 106 valence electrons. The standard InChI is InChI=1S/C13H18O5S/c1-10-5-3-4-6-12(10)13(9-19(2,15)16)17-8-11(7-14)18-13/h3-6,11,14H,7-9H2,1-2H3. The van der Waals surface area contributed by atoms with Gasteiger partial charge in [-0.15, -0.1) is 0 Å². The van der Waals surface area contributed by atoms with E-state index in [1.54, 1.807) is 6.07 Å². The van der Waals surface area contributed by atoms with Gasteiger partial charge in [0, 0.05) is 11.8 Å². The predicted molar refractivity (Wildman–Crippen MR) is 70.5 cm³/mol. The van der Waals surface area contributed by atoms with Crippen molar-refractivity contribution < 1.29 is 23.0 Å². The van der Waals surface area contributed by atoms with Crippen LogP contribution in [0.2, 0.25) is 0 Å². The van der Waals surface area contributed by atoms with Crippen LogP contribution in [0.3, 0.4) is 0 Å². The van der Waals surface area contributed by atoms with E-state index in [4.69, 9.17) is 14.6 Å². The Labute approximate surface area is 113 Å². The third-order valence-corrected chi connectivity index (χ3v) is 3.98. The van der Waals surface area contributed by atoms with E-state index in [0.29, 0.717) is 5.56 Å². The Morgan fingerprint density at radius 3 is 2.63 bits per heavy atom. The molecule has 1 N–H and O–H groups in total. The maximum absolute atomic E-state index is 11.6. The number of hydrogen-bond acceptors (Lipinski definition) is 5. The van der Waals surface area contributed by atoms with E-state index in [1.807, 2.05) is 25.1 Å². The number of hydrogen-bond donors (Lipinski definition) is 1. The van der Waals surface area contributed by atoms with Crippen LogP contribution >= 0.6 is 0 Å². The third kappa shape index (κ3) is 3.14. The first-order chi connectivity index (χ1) is 8.86. The van der Waals surface area contributed by atoms with Crippen LogP contribution in [0.5, 0.6) is 0 Å². The Balaban J connectivity index is 2.44. The quantitative estimate of drug-likeness (QED) is 0.877. The van der Waals surface area contributed by atoms with Crippen LogP contribution in [-0.4, -0.2) is 44.9 Å². The molecule has 19 heavy (non-hydrogen) atoms. The normalized spacial score (nSPS) is 27.6. The second kappa shape index (κ2) is 5.20. The minimum atomic E-state index is -3.29. The number of benzene rings is 1. The summed E-state index contributed by atoms with van der Waals surface area (Å²) in [5, 5.41) is 9.16. The second-order valence-electron chi connectivity index (χ2n) is 4.87. The van der Waals surface area contributed by atoms with E-state index in [2.05, 4.69) is 0 Å². The topological polar surface area (TPSA) is 72.8 Å². The lowest BCUT2D eigenvalue weighted by atomic mass is 10.0. The summed E-state index contributed by atoms with van der Waals surface area (Å²) in [5.74, 6) is -1.58. The van der Waals surface area contributed by atoms with Crippen molar-refractivity contribution in [2.24, 2.45) is 0 Å². The summed E-state index contributed by atoms with van der Waals surface area (Å²) >= 11 is 0. The highest BCUT2D eigenvalue weighted by Crippen LogP contribution is 2.37. The number of aliphatic hydroxyl groups is 1. The third-order valence-electron chi connectivity index (χ3n) is 3.07. The fourth-order valence-corrected chi connectivity index (χ4v) is 3.29. The molecule has 0 saturated carbocycles. The first kappa shape index (κ1) is 14.5. The molecule has 1 aliphatic rings. The molecule has 5 nitrogen and oxygen atoms in total. The molecule has 0 bridgehead atoms. The van der Waals surface area contributed by atoms with Crippen molar-refractivity contribution in [1.29, 1.82) is 0 Å². The molecule has 0 spiro atoms. The molecule has 1 fully saturated rings. The number of aliphatic hydroxyl groups excluding tert-OH is 1. The molecule has 6 heteroatoms. The maximum atomic E-state index is 11.6. The van der Waals surface area contributed by atoms with E-state index in [0.717, 1.165) is 11.8 Å². The molecule has 1 aromatic carbocycles. The second-order valence-corrected chi connectivity index (χ2v) is 7.01. The smallest absolute Gasteiger partial charge is 0.209 e. The molecular weight excluding hydrogens is 268 g/mol. The summed E-state index contributed by atoms with van der Waals surface area (Å²) in [6, 6.07) is 7.34. The molecule has 2 unspecified atom stereocenters. The Morgan fingerprint density at radius 1 is 1.42 bits per heavy atom. The molecule has 1 heterocycles. The van der Waals surface area contributed by atoms with Crippen LogP contribution < -0.4 is 0 Å². The zero-order valence-corrected chi connectivity index (χ0v) is 11.8. The number of sulfone groups is 1. The van der Waals surface area contributed by atoms with Crippen LogP contribution in [0.1, 0.15) is 11.1 Å². The highest BCUT2D eigenvalue weighted by atomic mass is 32.2. The van der Waals surface area contributed by atoms with E-state index < -0.39 is 21.7 Å². The lowest BCUT2D eigenvalue weighted by Gasteiger charge is -2.29. The summed E-state index contributed by atoms with van der Waals surface area (Å²) in [7, 11) is -3.29. The Morgan fingerprint density at radius 2 is 2.11 bits per heavy atom. The Kier molecular flexibility index (Phi) is 3.96. The van der Waals surface area contributed by atoms with Gasteiger partial charge in [0.25, 0.3) is 0 Å². The van der Waals surface area contributed by atoms with Crippen molar-refractivity contribution in [1.82, 2.24) is 0 Å². The van der Waals surface area contributed by atoms with Gasteiger partial charge in [0.2, 0.25) is 5.79 Å². The van der Waals surface area contributed by atoms with Gasteiger partial charge in [0.1, 0.15) is 11.9 Å². The molecule has 0 amide bonds. The van der Waals surface area contributed by atoms with Crippen molar-refractivity contribution in [3.05, 3.63) is 35.4 Å². The van der Waals surface area contributed by atoms with Gasteiger partial charge >= 0.3 is 0 Å². The fourth-order valence-electron chi connectivity index (χ4n) is 2.29. The molecule has 1 aromatic rings. The van der Waals surface area contributed by atoms with Gasteiger partial charge < -0.3 is 14.6 Å². The molecule has 0 radical (unpaired) electrons. The van der Waals surface area contributed by atoms with Gasteiger partial charge in [-0.25, -0.2) is 8.42 Å². The predicted octanol–water partition coefficient (Wildman–Crippen LogP) is 0.600. The van der Waals surface area contributed by atoms with Crippen molar-refractivity contribution >= 4 is 9.84 Å². The van der Waals surface area contributed by atoms with Crippen molar-refractivity contribution in [3.8, 4) is 0 Å². The van der Waals surface area contributed by atoms with E-state index in [-0.39, 0.29) is 19.0 Å². The highest BCUT2D eigenvalue weighted by molar-refractivity contribution is 7.90.